The molecule has 7 heteroatoms. The smallest absolute Gasteiger partial charge is 0.276 e. The highest BCUT2D eigenvalue weighted by Gasteiger charge is 2.09. The van der Waals surface area contributed by atoms with Crippen LogP contribution in [-0.4, -0.2) is 20.6 Å². The van der Waals surface area contributed by atoms with E-state index in [9.17, 15) is 14.9 Å². The van der Waals surface area contributed by atoms with Crippen molar-refractivity contribution in [1.29, 1.82) is 0 Å². The summed E-state index contributed by atoms with van der Waals surface area (Å²) < 4.78 is 1.84. The number of carbonyl (C=O) groups is 1. The maximum atomic E-state index is 12.0. The fraction of sp³-hybridized carbons (Fsp3) is 0.100. The Hall–Kier alpha value is -3.74. The molecule has 136 valence electrons. The minimum atomic E-state index is -0.470. The zero-order chi connectivity index (χ0) is 19.1. The van der Waals surface area contributed by atoms with E-state index in [1.165, 1.54) is 18.2 Å². The van der Waals surface area contributed by atoms with Gasteiger partial charge >= 0.3 is 0 Å². The zero-order valence-electron chi connectivity index (χ0n) is 14.5. The lowest BCUT2D eigenvalue weighted by Gasteiger charge is -2.05. The first-order chi connectivity index (χ1) is 13.1. The van der Waals surface area contributed by atoms with E-state index < -0.39 is 4.92 Å². The Morgan fingerprint density at radius 2 is 1.85 bits per heavy atom. The van der Waals surface area contributed by atoms with Crippen LogP contribution >= 0.6 is 0 Å². The summed E-state index contributed by atoms with van der Waals surface area (Å²) in [7, 11) is 0. The molecule has 0 radical (unpaired) electrons. The Kier molecular flexibility index (Phi) is 5.73. The Balaban J connectivity index is 1.54. The zero-order valence-corrected chi connectivity index (χ0v) is 14.5. The van der Waals surface area contributed by atoms with Crippen molar-refractivity contribution in [3.05, 3.63) is 99.9 Å². The molecule has 27 heavy (non-hydrogen) atoms. The van der Waals surface area contributed by atoms with Crippen molar-refractivity contribution in [1.82, 2.24) is 15.1 Å². The first-order valence-electron chi connectivity index (χ1n) is 8.36. The highest BCUT2D eigenvalue weighted by atomic mass is 16.6. The second kappa shape index (κ2) is 8.57. The number of nitrogens with one attached hydrogen (secondary N) is 1. The molecule has 7 nitrogen and oxygen atoms in total. The van der Waals surface area contributed by atoms with Crippen molar-refractivity contribution in [3.8, 4) is 0 Å². The average Bonchev–Trinajstić information content (AvgIpc) is 3.19. The van der Waals surface area contributed by atoms with Gasteiger partial charge in [0.1, 0.15) is 0 Å². The molecule has 0 aliphatic carbocycles. The number of aromatic nitrogens is 2. The van der Waals surface area contributed by atoms with Gasteiger partial charge < -0.3 is 5.32 Å². The van der Waals surface area contributed by atoms with E-state index in [1.54, 1.807) is 24.4 Å². The summed E-state index contributed by atoms with van der Waals surface area (Å²) in [5.41, 5.74) is 2.44. The van der Waals surface area contributed by atoms with Crippen LogP contribution in [0.15, 0.2) is 73.1 Å². The number of rotatable bonds is 7. The number of hydrogen-bond acceptors (Lipinski definition) is 4. The van der Waals surface area contributed by atoms with Gasteiger partial charge in [0.05, 0.1) is 17.0 Å². The second-order valence-electron chi connectivity index (χ2n) is 5.89. The monoisotopic (exact) mass is 362 g/mol. The van der Waals surface area contributed by atoms with Crippen LogP contribution in [0.3, 0.4) is 0 Å². The van der Waals surface area contributed by atoms with Gasteiger partial charge in [0, 0.05) is 31.1 Å². The molecule has 0 aliphatic rings. The molecule has 3 aromatic rings. The number of para-hydroxylation sites is 1. The molecule has 3 rings (SSSR count). The molecular formula is C20H18N4O3. The third-order valence-corrected chi connectivity index (χ3v) is 3.94. The number of nitro groups is 1. The molecule has 0 fully saturated rings. The van der Waals surface area contributed by atoms with Crippen molar-refractivity contribution in [2.24, 2.45) is 0 Å². The quantitative estimate of drug-likeness (QED) is 0.397. The molecule has 1 aromatic heterocycles. The third kappa shape index (κ3) is 5.12. The lowest BCUT2D eigenvalue weighted by Crippen LogP contribution is -2.20. The van der Waals surface area contributed by atoms with Gasteiger partial charge in [0.15, 0.2) is 0 Å². The Bertz CT molecular complexity index is 948. The van der Waals surface area contributed by atoms with E-state index in [2.05, 4.69) is 10.4 Å². The van der Waals surface area contributed by atoms with Gasteiger partial charge in [-0.3, -0.25) is 19.6 Å². The predicted octanol–water partition coefficient (Wildman–Crippen LogP) is 3.17. The number of carbonyl (C=O) groups excluding carboxylic acids is 1. The normalized spacial score (nSPS) is 10.8. The summed E-state index contributed by atoms with van der Waals surface area (Å²) >= 11 is 0. The first-order valence-corrected chi connectivity index (χ1v) is 8.36. The topological polar surface area (TPSA) is 90.1 Å². The molecule has 0 unspecified atom stereocenters. The molecule has 1 N–H and O–H groups in total. The van der Waals surface area contributed by atoms with Crippen LogP contribution in [0.2, 0.25) is 0 Å². The minimum absolute atomic E-state index is 0.0330. The van der Waals surface area contributed by atoms with Gasteiger partial charge in [0.2, 0.25) is 5.91 Å². The lowest BCUT2D eigenvalue weighted by molar-refractivity contribution is -0.385. The molecule has 0 saturated carbocycles. The average molecular weight is 362 g/mol. The van der Waals surface area contributed by atoms with Crippen LogP contribution in [-0.2, 0) is 17.9 Å². The summed E-state index contributed by atoms with van der Waals surface area (Å²) in [6, 6.07) is 16.0. The van der Waals surface area contributed by atoms with E-state index in [0.29, 0.717) is 18.7 Å². The van der Waals surface area contributed by atoms with Crippen molar-refractivity contribution in [2.75, 3.05) is 0 Å². The van der Waals surface area contributed by atoms with Crippen molar-refractivity contribution in [2.45, 2.75) is 13.1 Å². The van der Waals surface area contributed by atoms with Crippen LogP contribution < -0.4 is 5.32 Å². The fourth-order valence-corrected chi connectivity index (χ4v) is 2.55. The summed E-state index contributed by atoms with van der Waals surface area (Å²) in [5.74, 6) is -0.311. The Labute approximate surface area is 156 Å². The number of hydrogen-bond donors (Lipinski definition) is 1. The van der Waals surface area contributed by atoms with Gasteiger partial charge in [-0.1, -0.05) is 36.4 Å². The molecule has 0 aliphatic heterocycles. The number of nitro benzene ring substituents is 1. The highest BCUT2D eigenvalue weighted by molar-refractivity contribution is 5.92. The standard InChI is InChI=1S/C20H18N4O3/c25-20(11-10-18-4-1-2-5-19(18)24(26)27)21-14-16-6-8-17(9-7-16)15-23-13-3-12-22-23/h1-13H,14-15H2,(H,21,25)/b11-10+. The van der Waals surface area contributed by atoms with Gasteiger partial charge in [-0.05, 0) is 29.3 Å². The molecular weight excluding hydrogens is 344 g/mol. The molecule has 0 bridgehead atoms. The van der Waals surface area contributed by atoms with Gasteiger partial charge in [-0.25, -0.2) is 0 Å². The van der Waals surface area contributed by atoms with E-state index in [-0.39, 0.29) is 11.6 Å². The number of nitrogens with zero attached hydrogens (tertiary/aromatic N) is 3. The van der Waals surface area contributed by atoms with E-state index in [4.69, 9.17) is 0 Å². The van der Waals surface area contributed by atoms with Crippen molar-refractivity contribution < 1.29 is 9.72 Å². The van der Waals surface area contributed by atoms with Crippen molar-refractivity contribution in [3.63, 3.8) is 0 Å². The molecule has 0 saturated heterocycles. The van der Waals surface area contributed by atoms with Gasteiger partial charge in [-0.2, -0.15) is 5.10 Å². The molecule has 1 amide bonds. The molecule has 0 spiro atoms. The van der Waals surface area contributed by atoms with E-state index >= 15 is 0 Å². The fourth-order valence-electron chi connectivity index (χ4n) is 2.55. The van der Waals surface area contributed by atoms with Crippen molar-refractivity contribution >= 4 is 17.7 Å². The summed E-state index contributed by atoms with van der Waals surface area (Å²) in [6.45, 7) is 1.07. The summed E-state index contributed by atoms with van der Waals surface area (Å²) in [6.07, 6.45) is 6.38. The summed E-state index contributed by atoms with van der Waals surface area (Å²) in [5, 5.41) is 17.9. The highest BCUT2D eigenvalue weighted by Crippen LogP contribution is 2.18. The maximum Gasteiger partial charge on any atom is 0.276 e. The third-order valence-electron chi connectivity index (χ3n) is 3.94. The van der Waals surface area contributed by atoms with Crippen LogP contribution in [0.4, 0.5) is 5.69 Å². The Morgan fingerprint density at radius 3 is 2.56 bits per heavy atom. The SMILES string of the molecule is O=C(/C=C/c1ccccc1[N+](=O)[O-])NCc1ccc(Cn2cccn2)cc1. The minimum Gasteiger partial charge on any atom is -0.348 e. The van der Waals surface area contributed by atoms with Crippen LogP contribution in [0.1, 0.15) is 16.7 Å². The van der Waals surface area contributed by atoms with Crippen LogP contribution in [0.25, 0.3) is 6.08 Å². The lowest BCUT2D eigenvalue weighted by atomic mass is 10.1. The Morgan fingerprint density at radius 1 is 1.11 bits per heavy atom. The first kappa shape index (κ1) is 18.1. The second-order valence-corrected chi connectivity index (χ2v) is 5.89. The molecule has 1 heterocycles. The van der Waals surface area contributed by atoms with E-state index in [1.807, 2.05) is 41.2 Å². The van der Waals surface area contributed by atoms with E-state index in [0.717, 1.165) is 11.1 Å². The molecule has 0 atom stereocenters. The number of benzene rings is 2. The number of amides is 1. The van der Waals surface area contributed by atoms with Gasteiger partial charge in [-0.15, -0.1) is 0 Å². The van der Waals surface area contributed by atoms with Crippen LogP contribution in [0, 0.1) is 10.1 Å². The van der Waals surface area contributed by atoms with Crippen LogP contribution in [0.5, 0.6) is 0 Å². The predicted molar refractivity (Wildman–Crippen MR) is 102 cm³/mol. The van der Waals surface area contributed by atoms with Gasteiger partial charge in [0.25, 0.3) is 5.69 Å². The largest absolute Gasteiger partial charge is 0.348 e. The summed E-state index contributed by atoms with van der Waals surface area (Å²) in [4.78, 5) is 22.5. The maximum absolute atomic E-state index is 12.0. The molecule has 2 aromatic carbocycles.